The number of anilines is 1. The lowest BCUT2D eigenvalue weighted by molar-refractivity contribution is -0.141. The Morgan fingerprint density at radius 1 is 1.31 bits per heavy atom. The zero-order valence-corrected chi connectivity index (χ0v) is 14.7. The molecule has 0 aromatic carbocycles. The molecule has 0 aliphatic rings. The Hall–Kier alpha value is -2.40. The third kappa shape index (κ3) is 3.07. The fourth-order valence-corrected chi connectivity index (χ4v) is 3.51. The van der Waals surface area contributed by atoms with Crippen molar-refractivity contribution >= 4 is 38.2 Å². The molecule has 0 bridgehead atoms. The molecule has 3 aromatic rings. The van der Waals surface area contributed by atoms with Gasteiger partial charge in [0.2, 0.25) is 0 Å². The van der Waals surface area contributed by atoms with Gasteiger partial charge in [-0.05, 0) is 18.2 Å². The SMILES string of the molecule is CCS(=O)(=O)c1ccc(N)nc1-n1nc2cc(C(F)(F)F)ncc2c1Cl. The van der Waals surface area contributed by atoms with Crippen LogP contribution in [0.2, 0.25) is 5.15 Å². The van der Waals surface area contributed by atoms with Crippen LogP contribution in [0.4, 0.5) is 19.0 Å². The van der Waals surface area contributed by atoms with Crippen molar-refractivity contribution in [1.29, 1.82) is 0 Å². The predicted octanol–water partition coefficient (Wildman–Crippen LogP) is 2.86. The van der Waals surface area contributed by atoms with Crippen molar-refractivity contribution < 1.29 is 21.6 Å². The number of nitrogen functional groups attached to an aromatic ring is 1. The van der Waals surface area contributed by atoms with E-state index in [9.17, 15) is 21.6 Å². The number of sulfone groups is 1. The summed E-state index contributed by atoms with van der Waals surface area (Å²) in [7, 11) is -3.71. The van der Waals surface area contributed by atoms with Gasteiger partial charge in [0.15, 0.2) is 15.7 Å². The largest absolute Gasteiger partial charge is 0.433 e. The summed E-state index contributed by atoms with van der Waals surface area (Å²) in [4.78, 5) is 7.09. The zero-order valence-electron chi connectivity index (χ0n) is 13.1. The molecule has 0 spiro atoms. The van der Waals surface area contributed by atoms with Crippen LogP contribution in [0.5, 0.6) is 0 Å². The number of aromatic nitrogens is 4. The van der Waals surface area contributed by atoms with Crippen LogP contribution in [0.15, 0.2) is 29.3 Å². The summed E-state index contributed by atoms with van der Waals surface area (Å²) in [6.07, 6.45) is -3.74. The average Bonchev–Trinajstić information content (AvgIpc) is 2.90. The van der Waals surface area contributed by atoms with E-state index in [1.54, 1.807) is 0 Å². The number of rotatable bonds is 3. The minimum absolute atomic E-state index is 0.000202. The van der Waals surface area contributed by atoms with Crippen LogP contribution in [-0.2, 0) is 16.0 Å². The van der Waals surface area contributed by atoms with E-state index in [-0.39, 0.29) is 38.3 Å². The fraction of sp³-hybridized carbons (Fsp3) is 0.214. The highest BCUT2D eigenvalue weighted by Crippen LogP contribution is 2.33. The number of pyridine rings is 2. The molecule has 12 heteroatoms. The maximum absolute atomic E-state index is 12.8. The van der Waals surface area contributed by atoms with E-state index < -0.39 is 21.7 Å². The van der Waals surface area contributed by atoms with Gasteiger partial charge in [-0.25, -0.2) is 18.1 Å². The highest BCUT2D eigenvalue weighted by molar-refractivity contribution is 7.91. The Bertz CT molecular complexity index is 1110. The van der Waals surface area contributed by atoms with Gasteiger partial charge in [0, 0.05) is 6.20 Å². The van der Waals surface area contributed by atoms with Crippen LogP contribution in [0.1, 0.15) is 12.6 Å². The molecule has 0 amide bonds. The Balaban J connectivity index is 2.30. The third-order valence-electron chi connectivity index (χ3n) is 3.57. The minimum atomic E-state index is -4.66. The second-order valence-corrected chi connectivity index (χ2v) is 7.85. The summed E-state index contributed by atoms with van der Waals surface area (Å²) in [6.45, 7) is 1.44. The zero-order chi connectivity index (χ0) is 19.3. The second-order valence-electron chi connectivity index (χ2n) is 5.25. The lowest BCUT2D eigenvalue weighted by Crippen LogP contribution is -2.12. The molecule has 0 atom stereocenters. The van der Waals surface area contributed by atoms with Gasteiger partial charge in [-0.15, -0.1) is 0 Å². The van der Waals surface area contributed by atoms with Gasteiger partial charge in [-0.3, -0.25) is 4.98 Å². The molecule has 0 aliphatic heterocycles. The highest BCUT2D eigenvalue weighted by Gasteiger charge is 2.33. The molecule has 0 saturated carbocycles. The van der Waals surface area contributed by atoms with Gasteiger partial charge in [0.25, 0.3) is 0 Å². The lowest BCUT2D eigenvalue weighted by Gasteiger charge is -2.10. The molecule has 0 aliphatic carbocycles. The van der Waals surface area contributed by atoms with E-state index in [1.165, 1.54) is 19.1 Å². The van der Waals surface area contributed by atoms with E-state index in [0.29, 0.717) is 0 Å². The Kier molecular flexibility index (Phi) is 4.31. The fourth-order valence-electron chi connectivity index (χ4n) is 2.25. The van der Waals surface area contributed by atoms with Crippen LogP contribution in [0, 0.1) is 0 Å². The summed E-state index contributed by atoms with van der Waals surface area (Å²) >= 11 is 6.18. The summed E-state index contributed by atoms with van der Waals surface area (Å²) in [5, 5.41) is 3.95. The van der Waals surface area contributed by atoms with Gasteiger partial charge in [-0.2, -0.15) is 18.3 Å². The first-order valence-electron chi connectivity index (χ1n) is 7.15. The predicted molar refractivity (Wildman–Crippen MR) is 88.8 cm³/mol. The Morgan fingerprint density at radius 2 is 2.00 bits per heavy atom. The summed E-state index contributed by atoms with van der Waals surface area (Å²) in [6, 6.07) is 3.27. The number of fused-ring (bicyclic) bond motifs is 1. The highest BCUT2D eigenvalue weighted by atomic mass is 35.5. The molecule has 0 fully saturated rings. The molecule has 3 aromatic heterocycles. The van der Waals surface area contributed by atoms with Crippen LogP contribution in [0.3, 0.4) is 0 Å². The molecule has 0 unspecified atom stereocenters. The van der Waals surface area contributed by atoms with Gasteiger partial charge >= 0.3 is 6.18 Å². The lowest BCUT2D eigenvalue weighted by atomic mass is 10.3. The average molecular weight is 406 g/mol. The maximum atomic E-state index is 12.8. The van der Waals surface area contributed by atoms with Crippen molar-refractivity contribution in [3.8, 4) is 5.82 Å². The molecular formula is C14H11ClF3N5O2S. The van der Waals surface area contributed by atoms with Crippen molar-refractivity contribution in [2.45, 2.75) is 18.0 Å². The molecule has 138 valence electrons. The monoisotopic (exact) mass is 405 g/mol. The third-order valence-corrected chi connectivity index (χ3v) is 5.68. The van der Waals surface area contributed by atoms with E-state index in [4.69, 9.17) is 17.3 Å². The van der Waals surface area contributed by atoms with E-state index >= 15 is 0 Å². The Morgan fingerprint density at radius 3 is 2.62 bits per heavy atom. The molecule has 0 radical (unpaired) electrons. The van der Waals surface area contributed by atoms with Gasteiger partial charge in [-0.1, -0.05) is 18.5 Å². The number of nitrogens with zero attached hydrogens (tertiary/aromatic N) is 4. The van der Waals surface area contributed by atoms with Crippen molar-refractivity contribution in [2.75, 3.05) is 11.5 Å². The number of nitrogens with two attached hydrogens (primary N) is 1. The molecule has 3 rings (SSSR count). The quantitative estimate of drug-likeness (QED) is 0.718. The molecule has 3 heterocycles. The summed E-state index contributed by atoms with van der Waals surface area (Å²) in [5.74, 6) is -0.412. The smallest absolute Gasteiger partial charge is 0.384 e. The van der Waals surface area contributed by atoms with E-state index in [1.807, 2.05) is 0 Å². The van der Waals surface area contributed by atoms with Crippen molar-refractivity contribution in [3.63, 3.8) is 0 Å². The molecule has 0 saturated heterocycles. The standard InChI is InChI=1S/C14H11ClF3N5O2S/c1-2-26(24,25)9-3-4-11(19)21-13(9)23-12(15)7-6-20-10(14(16,17)18)5-8(7)22-23/h3-6H,2H2,1H3,(H2,19,21). The molecular weight excluding hydrogens is 395 g/mol. The maximum Gasteiger partial charge on any atom is 0.433 e. The van der Waals surface area contributed by atoms with Crippen LogP contribution >= 0.6 is 11.6 Å². The van der Waals surface area contributed by atoms with Gasteiger partial charge < -0.3 is 5.73 Å². The second kappa shape index (κ2) is 6.09. The van der Waals surface area contributed by atoms with E-state index in [2.05, 4.69) is 15.1 Å². The first-order valence-corrected chi connectivity index (χ1v) is 9.18. The number of halogens is 4. The van der Waals surface area contributed by atoms with Crippen molar-refractivity contribution in [2.24, 2.45) is 0 Å². The van der Waals surface area contributed by atoms with Crippen LogP contribution < -0.4 is 5.73 Å². The van der Waals surface area contributed by atoms with Crippen LogP contribution in [-0.4, -0.2) is 33.9 Å². The van der Waals surface area contributed by atoms with Gasteiger partial charge in [0.05, 0.1) is 16.7 Å². The van der Waals surface area contributed by atoms with Crippen molar-refractivity contribution in [1.82, 2.24) is 19.7 Å². The summed E-state index contributed by atoms with van der Waals surface area (Å²) < 4.78 is 64.0. The normalized spacial score (nSPS) is 12.7. The first-order chi connectivity index (χ1) is 12.0. The van der Waals surface area contributed by atoms with Crippen LogP contribution in [0.25, 0.3) is 16.7 Å². The number of hydrogen-bond donors (Lipinski definition) is 1. The van der Waals surface area contributed by atoms with Crippen molar-refractivity contribution in [3.05, 3.63) is 35.2 Å². The first kappa shape index (κ1) is 18.4. The molecule has 26 heavy (non-hydrogen) atoms. The molecule has 2 N–H and O–H groups in total. The number of alkyl halides is 3. The Labute approximate surface area is 150 Å². The van der Waals surface area contributed by atoms with E-state index in [0.717, 1.165) is 16.9 Å². The molecule has 7 nitrogen and oxygen atoms in total. The minimum Gasteiger partial charge on any atom is -0.384 e. The van der Waals surface area contributed by atoms with Gasteiger partial charge in [0.1, 0.15) is 21.6 Å². The number of hydrogen-bond acceptors (Lipinski definition) is 6. The summed E-state index contributed by atoms with van der Waals surface area (Å²) in [5.41, 5.74) is 4.37. The topological polar surface area (TPSA) is 104 Å².